The van der Waals surface area contributed by atoms with E-state index in [0.717, 1.165) is 10.6 Å². The summed E-state index contributed by atoms with van der Waals surface area (Å²) in [7, 11) is -0.816. The molecule has 0 aliphatic heterocycles. The highest BCUT2D eigenvalue weighted by molar-refractivity contribution is 7.92. The van der Waals surface area contributed by atoms with E-state index in [1.54, 1.807) is 38.1 Å². The Kier molecular flexibility index (Phi) is 8.17. The first-order valence-corrected chi connectivity index (χ1v) is 12.8. The number of methoxy groups -OCH3 is 1. The van der Waals surface area contributed by atoms with Gasteiger partial charge in [0.05, 0.1) is 30.8 Å². The number of rotatable bonds is 10. The molecule has 3 rings (SSSR count). The van der Waals surface area contributed by atoms with E-state index in [1.165, 1.54) is 38.6 Å². The van der Waals surface area contributed by atoms with Gasteiger partial charge in [0.2, 0.25) is 16.0 Å². The number of aromatic carboxylic acids is 1. The number of esters is 1. The molecule has 0 saturated carbocycles. The standard InChI is InChI=1S/C24H27N5O7S/c1-14(2)36-23(32)17-13-25-24(26-15-10-11-16(22(30)31)20(12-15)35-4)28-21(17)27-18-8-6-7-9-19(18)29(3)37(5,33)34/h6-14H,1-5H3,(H,30,31)(H2,25,26,27,28). The Bertz CT molecular complexity index is 1430. The maximum atomic E-state index is 12.8. The van der Waals surface area contributed by atoms with Crippen LogP contribution in [0.1, 0.15) is 34.6 Å². The van der Waals surface area contributed by atoms with E-state index < -0.39 is 28.1 Å². The van der Waals surface area contributed by atoms with E-state index in [2.05, 4.69) is 20.6 Å². The van der Waals surface area contributed by atoms with Crippen molar-refractivity contribution in [1.82, 2.24) is 9.97 Å². The summed E-state index contributed by atoms with van der Waals surface area (Å²) in [5.41, 5.74) is 1.13. The number of sulfonamides is 1. The van der Waals surface area contributed by atoms with Gasteiger partial charge in [-0.2, -0.15) is 4.98 Å². The van der Waals surface area contributed by atoms with E-state index in [4.69, 9.17) is 9.47 Å². The maximum Gasteiger partial charge on any atom is 0.343 e. The van der Waals surface area contributed by atoms with E-state index in [1.807, 2.05) is 0 Å². The van der Waals surface area contributed by atoms with E-state index in [9.17, 15) is 23.1 Å². The Labute approximate surface area is 214 Å². The van der Waals surface area contributed by atoms with Gasteiger partial charge < -0.3 is 25.2 Å². The minimum atomic E-state index is -3.58. The van der Waals surface area contributed by atoms with Crippen LogP contribution >= 0.6 is 0 Å². The molecule has 37 heavy (non-hydrogen) atoms. The van der Waals surface area contributed by atoms with Gasteiger partial charge in [0, 0.05) is 25.0 Å². The van der Waals surface area contributed by atoms with Gasteiger partial charge in [-0.15, -0.1) is 0 Å². The second kappa shape index (κ2) is 11.1. The molecule has 0 amide bonds. The third-order valence-electron chi connectivity index (χ3n) is 5.03. The Morgan fingerprint density at radius 2 is 1.78 bits per heavy atom. The zero-order valence-corrected chi connectivity index (χ0v) is 21.7. The molecule has 1 heterocycles. The van der Waals surface area contributed by atoms with Crippen molar-refractivity contribution in [2.45, 2.75) is 20.0 Å². The minimum absolute atomic E-state index is 0.0188. The van der Waals surface area contributed by atoms with Crippen molar-refractivity contribution in [2.75, 3.05) is 35.4 Å². The lowest BCUT2D eigenvalue weighted by atomic mass is 10.2. The number of ether oxygens (including phenoxy) is 2. The van der Waals surface area contributed by atoms with Gasteiger partial charge in [-0.25, -0.2) is 23.0 Å². The van der Waals surface area contributed by atoms with Crippen molar-refractivity contribution in [3.8, 4) is 5.75 Å². The van der Waals surface area contributed by atoms with Gasteiger partial charge in [-0.1, -0.05) is 12.1 Å². The summed E-state index contributed by atoms with van der Waals surface area (Å²) in [6, 6.07) is 11.0. The molecular formula is C24H27N5O7S. The highest BCUT2D eigenvalue weighted by atomic mass is 32.2. The number of carboxylic acid groups (broad SMARTS) is 1. The summed E-state index contributed by atoms with van der Waals surface area (Å²) >= 11 is 0. The van der Waals surface area contributed by atoms with Gasteiger partial charge in [0.1, 0.15) is 16.9 Å². The minimum Gasteiger partial charge on any atom is -0.496 e. The Balaban J connectivity index is 2.04. The van der Waals surface area contributed by atoms with E-state index >= 15 is 0 Å². The first kappa shape index (κ1) is 27.2. The Morgan fingerprint density at radius 1 is 1.08 bits per heavy atom. The zero-order chi connectivity index (χ0) is 27.3. The van der Waals surface area contributed by atoms with Gasteiger partial charge in [-0.05, 0) is 38.1 Å². The number of carbonyl (C=O) groups excluding carboxylic acids is 1. The highest BCUT2D eigenvalue weighted by Crippen LogP contribution is 2.31. The molecule has 3 N–H and O–H groups in total. The molecule has 1 aromatic heterocycles. The van der Waals surface area contributed by atoms with E-state index in [-0.39, 0.29) is 28.6 Å². The van der Waals surface area contributed by atoms with Crippen LogP contribution in [-0.2, 0) is 14.8 Å². The summed E-state index contributed by atoms with van der Waals surface area (Å²) in [5.74, 6) is -1.55. The van der Waals surface area contributed by atoms with Crippen LogP contribution in [0.4, 0.5) is 28.8 Å². The topological polar surface area (TPSA) is 160 Å². The van der Waals surface area contributed by atoms with Crippen LogP contribution in [0.2, 0.25) is 0 Å². The number of para-hydroxylation sites is 2. The molecule has 0 bridgehead atoms. The largest absolute Gasteiger partial charge is 0.496 e. The first-order valence-electron chi connectivity index (χ1n) is 11.0. The van der Waals surface area contributed by atoms with Crippen LogP contribution in [0, 0.1) is 0 Å². The van der Waals surface area contributed by atoms with Crippen LogP contribution in [0.5, 0.6) is 5.75 Å². The molecule has 13 heteroatoms. The smallest absolute Gasteiger partial charge is 0.343 e. The average Bonchev–Trinajstić information content (AvgIpc) is 2.82. The monoisotopic (exact) mass is 529 g/mol. The average molecular weight is 530 g/mol. The summed E-state index contributed by atoms with van der Waals surface area (Å²) in [6.07, 6.45) is 1.95. The fourth-order valence-electron chi connectivity index (χ4n) is 3.20. The lowest BCUT2D eigenvalue weighted by molar-refractivity contribution is 0.0378. The second-order valence-corrected chi connectivity index (χ2v) is 10.1. The predicted octanol–water partition coefficient (Wildman–Crippen LogP) is 3.63. The fourth-order valence-corrected chi connectivity index (χ4v) is 3.72. The molecule has 0 spiro atoms. The van der Waals surface area contributed by atoms with E-state index in [0.29, 0.717) is 17.1 Å². The van der Waals surface area contributed by atoms with Crippen LogP contribution < -0.4 is 19.7 Å². The van der Waals surface area contributed by atoms with Gasteiger partial charge >= 0.3 is 11.9 Å². The lowest BCUT2D eigenvalue weighted by Gasteiger charge is -2.21. The molecule has 0 fully saturated rings. The predicted molar refractivity (Wildman–Crippen MR) is 139 cm³/mol. The lowest BCUT2D eigenvalue weighted by Crippen LogP contribution is -2.25. The number of anilines is 5. The van der Waals surface area contributed by atoms with Crippen molar-refractivity contribution in [1.29, 1.82) is 0 Å². The molecule has 0 unspecified atom stereocenters. The summed E-state index contributed by atoms with van der Waals surface area (Å²) in [5, 5.41) is 15.3. The van der Waals surface area contributed by atoms with Crippen molar-refractivity contribution >= 4 is 50.8 Å². The van der Waals surface area contributed by atoms with Crippen molar-refractivity contribution < 1.29 is 32.6 Å². The van der Waals surface area contributed by atoms with Gasteiger partial charge in [-0.3, -0.25) is 4.31 Å². The van der Waals surface area contributed by atoms with Crippen molar-refractivity contribution in [2.24, 2.45) is 0 Å². The molecule has 0 aliphatic rings. The normalized spacial score (nSPS) is 11.1. The van der Waals surface area contributed by atoms with Crippen LogP contribution in [-0.4, -0.2) is 61.9 Å². The number of carboxylic acids is 1. The van der Waals surface area contributed by atoms with Crippen LogP contribution in [0.3, 0.4) is 0 Å². The quantitative estimate of drug-likeness (QED) is 0.329. The van der Waals surface area contributed by atoms with Crippen LogP contribution in [0.15, 0.2) is 48.7 Å². The van der Waals surface area contributed by atoms with Crippen LogP contribution in [0.25, 0.3) is 0 Å². The number of benzene rings is 2. The molecule has 12 nitrogen and oxygen atoms in total. The van der Waals surface area contributed by atoms with Crippen molar-refractivity contribution in [3.05, 3.63) is 59.8 Å². The highest BCUT2D eigenvalue weighted by Gasteiger charge is 2.21. The Morgan fingerprint density at radius 3 is 2.41 bits per heavy atom. The number of aromatic nitrogens is 2. The summed E-state index contributed by atoms with van der Waals surface area (Å²) in [4.78, 5) is 32.7. The SMILES string of the molecule is COc1cc(Nc2ncc(C(=O)OC(C)C)c(Nc3ccccc3N(C)S(C)(=O)=O)n2)ccc1C(=O)O. The molecule has 0 radical (unpaired) electrons. The number of hydrogen-bond acceptors (Lipinski definition) is 10. The molecule has 0 atom stereocenters. The summed E-state index contributed by atoms with van der Waals surface area (Å²) in [6.45, 7) is 3.40. The fraction of sp³-hybridized carbons (Fsp3) is 0.250. The molecule has 196 valence electrons. The first-order chi connectivity index (χ1) is 17.4. The third kappa shape index (κ3) is 6.64. The zero-order valence-electron chi connectivity index (χ0n) is 20.8. The maximum absolute atomic E-state index is 12.8. The molecule has 0 aliphatic carbocycles. The van der Waals surface area contributed by atoms with Gasteiger partial charge in [0.15, 0.2) is 5.82 Å². The number of nitrogens with one attached hydrogen (secondary N) is 2. The summed E-state index contributed by atoms with van der Waals surface area (Å²) < 4.78 is 35.9. The molecular weight excluding hydrogens is 502 g/mol. The van der Waals surface area contributed by atoms with Gasteiger partial charge in [0.25, 0.3) is 0 Å². The number of carbonyl (C=O) groups is 2. The molecule has 0 saturated heterocycles. The van der Waals surface area contributed by atoms with Crippen molar-refractivity contribution in [3.63, 3.8) is 0 Å². The number of nitrogens with zero attached hydrogens (tertiary/aromatic N) is 3. The second-order valence-electron chi connectivity index (χ2n) is 8.13. The third-order valence-corrected chi connectivity index (χ3v) is 6.22. The molecule has 3 aromatic rings. The number of hydrogen-bond donors (Lipinski definition) is 3. The Hall–Kier alpha value is -4.39. The molecule has 2 aromatic carbocycles.